The number of halogens is 2. The first-order valence-corrected chi connectivity index (χ1v) is 4.77. The lowest BCUT2D eigenvalue weighted by Gasteiger charge is -2.11. The highest BCUT2D eigenvalue weighted by atomic mass is 127. The summed E-state index contributed by atoms with van der Waals surface area (Å²) in [5.41, 5.74) is 0.428. The Morgan fingerprint density at radius 2 is 1.92 bits per heavy atom. The Hall–Kier alpha value is -0.780. The predicted molar refractivity (Wildman–Crippen MR) is 53.2 cm³/mol. The molecule has 2 rings (SSSR count). The van der Waals surface area contributed by atoms with Crippen LogP contribution in [0.25, 0.3) is 0 Å². The van der Waals surface area contributed by atoms with Gasteiger partial charge in [0.05, 0.1) is 5.56 Å². The predicted octanol–water partition coefficient (Wildman–Crippen LogP) is 2.95. The van der Waals surface area contributed by atoms with Crippen molar-refractivity contribution in [3.05, 3.63) is 45.7 Å². The van der Waals surface area contributed by atoms with Crippen LogP contribution >= 0.6 is 22.6 Å². The summed E-state index contributed by atoms with van der Waals surface area (Å²) in [5.74, 6) is -0.281. The van der Waals surface area contributed by atoms with E-state index in [-0.39, 0.29) is 5.82 Å². The van der Waals surface area contributed by atoms with Gasteiger partial charge in [0.1, 0.15) is 18.3 Å². The molecule has 0 aliphatic carbocycles. The van der Waals surface area contributed by atoms with Gasteiger partial charge in [0.2, 0.25) is 0 Å². The monoisotopic (exact) mass is 292 g/mol. The van der Waals surface area contributed by atoms with Gasteiger partial charge < -0.3 is 9.47 Å². The average Bonchev–Trinajstić information content (AvgIpc) is 2.62. The minimum Gasteiger partial charge on any atom is -0.455 e. The highest BCUT2D eigenvalue weighted by molar-refractivity contribution is 14.1. The molecule has 1 heterocycles. The van der Waals surface area contributed by atoms with E-state index < -0.39 is 6.29 Å². The zero-order valence-corrected chi connectivity index (χ0v) is 8.69. The Morgan fingerprint density at radius 1 is 1.23 bits per heavy atom. The van der Waals surface area contributed by atoms with Gasteiger partial charge >= 0.3 is 0 Å². The van der Waals surface area contributed by atoms with E-state index in [1.807, 2.05) is 22.6 Å². The molecule has 0 saturated carbocycles. The molecule has 0 bridgehead atoms. The van der Waals surface area contributed by atoms with Gasteiger partial charge in [-0.25, -0.2) is 4.39 Å². The van der Waals surface area contributed by atoms with E-state index in [1.54, 1.807) is 18.2 Å². The van der Waals surface area contributed by atoms with Crippen molar-refractivity contribution in [3.63, 3.8) is 0 Å². The summed E-state index contributed by atoms with van der Waals surface area (Å²) in [6.45, 7) is 0. The number of rotatable bonds is 1. The summed E-state index contributed by atoms with van der Waals surface area (Å²) in [7, 11) is 0. The average molecular weight is 292 g/mol. The molecule has 0 saturated heterocycles. The van der Waals surface area contributed by atoms with Crippen LogP contribution in [0.2, 0.25) is 0 Å². The lowest BCUT2D eigenvalue weighted by molar-refractivity contribution is -0.0272. The van der Waals surface area contributed by atoms with Crippen LogP contribution in [0, 0.1) is 9.39 Å². The Bertz CT molecular complexity index is 343. The van der Waals surface area contributed by atoms with Gasteiger partial charge in [-0.15, -0.1) is 0 Å². The van der Waals surface area contributed by atoms with E-state index in [0.29, 0.717) is 9.13 Å². The van der Waals surface area contributed by atoms with Gasteiger partial charge in [-0.3, -0.25) is 0 Å². The standard InChI is InChI=1S/C9H6FIO2/c10-8-6(2-1-3-7(8)11)9-12-4-5-13-9/h1-5,9H. The van der Waals surface area contributed by atoms with Crippen molar-refractivity contribution in [2.75, 3.05) is 0 Å². The molecule has 1 aromatic carbocycles. The molecule has 0 unspecified atom stereocenters. The largest absolute Gasteiger partial charge is 0.455 e. The first-order valence-electron chi connectivity index (χ1n) is 3.69. The van der Waals surface area contributed by atoms with Crippen LogP contribution in [-0.4, -0.2) is 0 Å². The van der Waals surface area contributed by atoms with E-state index >= 15 is 0 Å². The Morgan fingerprint density at radius 3 is 2.62 bits per heavy atom. The molecule has 1 aliphatic rings. The Balaban J connectivity index is 2.34. The van der Waals surface area contributed by atoms with Crippen molar-refractivity contribution < 1.29 is 13.9 Å². The fraction of sp³-hybridized carbons (Fsp3) is 0.111. The number of ether oxygens (including phenoxy) is 2. The van der Waals surface area contributed by atoms with Crippen LogP contribution in [0.3, 0.4) is 0 Å². The van der Waals surface area contributed by atoms with Crippen molar-refractivity contribution >= 4 is 22.6 Å². The van der Waals surface area contributed by atoms with Crippen molar-refractivity contribution in [3.8, 4) is 0 Å². The summed E-state index contributed by atoms with van der Waals surface area (Å²) in [6, 6.07) is 5.11. The van der Waals surface area contributed by atoms with Crippen molar-refractivity contribution in [1.29, 1.82) is 0 Å². The second-order valence-corrected chi connectivity index (χ2v) is 3.68. The number of hydrogen-bond donors (Lipinski definition) is 0. The molecule has 0 N–H and O–H groups in total. The van der Waals surface area contributed by atoms with E-state index in [2.05, 4.69) is 0 Å². The zero-order valence-electron chi connectivity index (χ0n) is 6.54. The molecule has 0 spiro atoms. The molecular formula is C9H6FIO2. The lowest BCUT2D eigenvalue weighted by Crippen LogP contribution is -2.02. The van der Waals surface area contributed by atoms with Crippen LogP contribution in [0.1, 0.15) is 11.9 Å². The minimum atomic E-state index is -0.630. The smallest absolute Gasteiger partial charge is 0.269 e. The first kappa shape index (κ1) is 8.80. The van der Waals surface area contributed by atoms with Crippen LogP contribution in [0.4, 0.5) is 4.39 Å². The maximum absolute atomic E-state index is 13.5. The first-order chi connectivity index (χ1) is 6.29. The maximum Gasteiger partial charge on any atom is 0.269 e. The molecule has 68 valence electrons. The van der Waals surface area contributed by atoms with Gasteiger partial charge in [-0.1, -0.05) is 6.07 Å². The Labute approximate surface area is 88.5 Å². The molecule has 1 aromatic rings. The second kappa shape index (κ2) is 3.53. The molecule has 0 fully saturated rings. The van der Waals surface area contributed by atoms with Gasteiger partial charge in [-0.2, -0.15) is 0 Å². The molecule has 1 aliphatic heterocycles. The van der Waals surface area contributed by atoms with E-state index in [1.165, 1.54) is 12.5 Å². The molecule has 0 aromatic heterocycles. The summed E-state index contributed by atoms with van der Waals surface area (Å²) < 4.78 is 24.1. The third-order valence-electron chi connectivity index (χ3n) is 1.70. The third-order valence-corrected chi connectivity index (χ3v) is 2.53. The fourth-order valence-electron chi connectivity index (χ4n) is 1.09. The number of hydrogen-bond acceptors (Lipinski definition) is 2. The lowest BCUT2D eigenvalue weighted by atomic mass is 10.2. The SMILES string of the molecule is Fc1c(I)cccc1C1OC=CO1. The fourth-order valence-corrected chi connectivity index (χ4v) is 1.61. The topological polar surface area (TPSA) is 18.5 Å². The van der Waals surface area contributed by atoms with Gasteiger partial charge in [0, 0.05) is 3.57 Å². The summed E-state index contributed by atoms with van der Waals surface area (Å²) >= 11 is 1.93. The summed E-state index contributed by atoms with van der Waals surface area (Å²) in [5, 5.41) is 0. The minimum absolute atomic E-state index is 0.281. The maximum atomic E-state index is 13.5. The van der Waals surface area contributed by atoms with Crippen LogP contribution in [-0.2, 0) is 9.47 Å². The second-order valence-electron chi connectivity index (χ2n) is 2.52. The quantitative estimate of drug-likeness (QED) is 0.741. The van der Waals surface area contributed by atoms with E-state index in [4.69, 9.17) is 9.47 Å². The molecular weight excluding hydrogens is 286 g/mol. The molecule has 2 nitrogen and oxygen atoms in total. The molecule has 0 radical (unpaired) electrons. The third kappa shape index (κ3) is 1.63. The van der Waals surface area contributed by atoms with Crippen LogP contribution < -0.4 is 0 Å². The summed E-state index contributed by atoms with van der Waals surface area (Å²) in [4.78, 5) is 0. The summed E-state index contributed by atoms with van der Waals surface area (Å²) in [6.07, 6.45) is 2.18. The molecule has 13 heavy (non-hydrogen) atoms. The highest BCUT2D eigenvalue weighted by Gasteiger charge is 2.20. The van der Waals surface area contributed by atoms with Gasteiger partial charge in [-0.05, 0) is 34.7 Å². The van der Waals surface area contributed by atoms with Gasteiger partial charge in [0.15, 0.2) is 0 Å². The van der Waals surface area contributed by atoms with Crippen LogP contribution in [0.15, 0.2) is 30.7 Å². The van der Waals surface area contributed by atoms with Crippen molar-refractivity contribution in [2.45, 2.75) is 6.29 Å². The molecule has 4 heteroatoms. The van der Waals surface area contributed by atoms with Crippen molar-refractivity contribution in [1.82, 2.24) is 0 Å². The van der Waals surface area contributed by atoms with E-state index in [9.17, 15) is 4.39 Å². The van der Waals surface area contributed by atoms with Crippen molar-refractivity contribution in [2.24, 2.45) is 0 Å². The molecule has 0 amide bonds. The molecule has 0 atom stereocenters. The number of benzene rings is 1. The van der Waals surface area contributed by atoms with Gasteiger partial charge in [0.25, 0.3) is 6.29 Å². The Kier molecular flexibility index (Phi) is 2.39. The normalized spacial score (nSPS) is 15.5. The van der Waals surface area contributed by atoms with Crippen LogP contribution in [0.5, 0.6) is 0 Å². The van der Waals surface area contributed by atoms with E-state index in [0.717, 1.165) is 0 Å². The highest BCUT2D eigenvalue weighted by Crippen LogP contribution is 2.27. The zero-order chi connectivity index (χ0) is 9.26.